The quantitative estimate of drug-likeness (QED) is 0.346. The molecule has 2 heterocycles. The van der Waals surface area contributed by atoms with Gasteiger partial charge in [-0.25, -0.2) is 18.3 Å². The second-order valence-electron chi connectivity index (χ2n) is 12.7. The van der Waals surface area contributed by atoms with E-state index in [0.29, 0.717) is 5.41 Å². The Morgan fingerprint density at radius 2 is 1.80 bits per heavy atom. The normalized spacial score (nSPS) is 21.1. The number of carbonyl (C=O) groups is 2. The van der Waals surface area contributed by atoms with Gasteiger partial charge in [0, 0.05) is 28.7 Å². The van der Waals surface area contributed by atoms with Gasteiger partial charge in [-0.3, -0.25) is 15.4 Å². The number of aromatic nitrogens is 3. The third kappa shape index (κ3) is 5.28. The zero-order chi connectivity index (χ0) is 29.9. The van der Waals surface area contributed by atoms with Crippen LogP contribution in [0.3, 0.4) is 0 Å². The fourth-order valence-corrected chi connectivity index (χ4v) is 6.04. The molecule has 0 aliphatic heterocycles. The number of rotatable bonds is 7. The Labute approximate surface area is 236 Å². The minimum Gasteiger partial charge on any atom is -0.444 e. The van der Waals surface area contributed by atoms with Crippen LogP contribution in [0.1, 0.15) is 83.7 Å². The predicted octanol–water partition coefficient (Wildman–Crippen LogP) is 6.24. The average molecular weight is 567 g/mol. The monoisotopic (exact) mass is 566 g/mol. The summed E-state index contributed by atoms with van der Waals surface area (Å²) in [5, 5.41) is 23.4. The summed E-state index contributed by atoms with van der Waals surface area (Å²) in [6.07, 6.45) is 1.70. The maximum absolute atomic E-state index is 15.2. The minimum absolute atomic E-state index is 0.0163. The zero-order valence-corrected chi connectivity index (χ0v) is 23.8. The molecule has 0 saturated heterocycles. The van der Waals surface area contributed by atoms with Gasteiger partial charge < -0.3 is 9.26 Å². The number of anilines is 2. The molecule has 3 aromatic rings. The van der Waals surface area contributed by atoms with Crippen molar-refractivity contribution in [3.63, 3.8) is 0 Å². The van der Waals surface area contributed by atoms with Crippen molar-refractivity contribution in [1.29, 1.82) is 5.26 Å². The van der Waals surface area contributed by atoms with Gasteiger partial charge in [0.15, 0.2) is 5.82 Å². The fourth-order valence-electron chi connectivity index (χ4n) is 6.04. The number of nitrogens with zero attached hydrogens (tertiary/aromatic N) is 4. The lowest BCUT2D eigenvalue weighted by molar-refractivity contribution is -0.129. The molecule has 0 atom stereocenters. The molecule has 3 saturated carbocycles. The second kappa shape index (κ2) is 9.68. The Morgan fingerprint density at radius 1 is 1.17 bits per heavy atom. The number of nitriles is 1. The Hall–Kier alpha value is -4.27. The van der Waals surface area contributed by atoms with Gasteiger partial charge in [0.25, 0.3) is 0 Å². The van der Waals surface area contributed by atoms with E-state index in [1.807, 2.05) is 6.07 Å². The lowest BCUT2D eigenvalue weighted by Crippen LogP contribution is -2.62. The summed E-state index contributed by atoms with van der Waals surface area (Å²) >= 11 is 0. The molecule has 2 amide bonds. The van der Waals surface area contributed by atoms with Gasteiger partial charge in [0.05, 0.1) is 12.1 Å². The van der Waals surface area contributed by atoms with E-state index in [9.17, 15) is 14.9 Å². The SMILES string of the molecule is CC(C)n1nc(-c2cc(F)c(CC(=O)Nc3cc(C45CC(C)(C4)C5)no3)c(F)c2)c(C#N)c1NC(=O)OC(C)(C)C. The summed E-state index contributed by atoms with van der Waals surface area (Å²) in [5.74, 6) is -2.48. The largest absolute Gasteiger partial charge is 0.444 e. The number of hydrogen-bond acceptors (Lipinski definition) is 7. The van der Waals surface area contributed by atoms with Gasteiger partial charge >= 0.3 is 6.09 Å². The van der Waals surface area contributed by atoms with E-state index in [0.717, 1.165) is 37.1 Å². The van der Waals surface area contributed by atoms with Crippen LogP contribution in [0.15, 0.2) is 22.7 Å². The molecule has 6 rings (SSSR count). The molecule has 3 aliphatic carbocycles. The molecule has 12 heteroatoms. The third-order valence-corrected chi connectivity index (χ3v) is 7.49. The van der Waals surface area contributed by atoms with E-state index < -0.39 is 41.2 Å². The third-order valence-electron chi connectivity index (χ3n) is 7.49. The predicted molar refractivity (Wildman–Crippen MR) is 145 cm³/mol. The topological polar surface area (TPSA) is 135 Å². The van der Waals surface area contributed by atoms with Crippen molar-refractivity contribution in [3.8, 4) is 17.3 Å². The van der Waals surface area contributed by atoms with Crippen LogP contribution in [0, 0.1) is 28.4 Å². The maximum Gasteiger partial charge on any atom is 0.413 e. The van der Waals surface area contributed by atoms with E-state index >= 15 is 8.78 Å². The Balaban J connectivity index is 1.35. The summed E-state index contributed by atoms with van der Waals surface area (Å²) in [5.41, 5.74) is -0.213. The highest BCUT2D eigenvalue weighted by Crippen LogP contribution is 2.73. The van der Waals surface area contributed by atoms with E-state index in [1.54, 1.807) is 40.7 Å². The summed E-state index contributed by atoms with van der Waals surface area (Å²) < 4.78 is 42.3. The van der Waals surface area contributed by atoms with Crippen molar-refractivity contribution >= 4 is 23.7 Å². The van der Waals surface area contributed by atoms with E-state index in [2.05, 4.69) is 27.8 Å². The molecule has 10 nitrogen and oxygen atoms in total. The smallest absolute Gasteiger partial charge is 0.413 e. The highest BCUT2D eigenvalue weighted by atomic mass is 19.1. The molecule has 3 fully saturated rings. The summed E-state index contributed by atoms with van der Waals surface area (Å²) in [7, 11) is 0. The molecule has 2 N–H and O–H groups in total. The standard InChI is InChI=1S/C29H32F2N6O4/c1-15(2)37-25(34-26(39)40-27(3,4)5)18(11-32)24(35-37)16-7-19(30)17(20(31)8-16)9-22(38)33-23-10-21(36-41-23)29-12-28(6,13-29)14-29/h7-8,10,15H,9,12-14H2,1-6H3,(H,33,38)(H,34,39). The summed E-state index contributed by atoms with van der Waals surface area (Å²) in [6, 6.07) is 5.34. The number of ether oxygens (including phenoxy) is 1. The first-order chi connectivity index (χ1) is 19.1. The molecule has 41 heavy (non-hydrogen) atoms. The molecule has 1 aromatic carbocycles. The van der Waals surface area contributed by atoms with Crippen molar-refractivity contribution < 1.29 is 27.6 Å². The lowest BCUT2D eigenvalue weighted by Gasteiger charge is -2.68. The number of hydrogen-bond donors (Lipinski definition) is 2. The lowest BCUT2D eigenvalue weighted by atomic mass is 9.35. The number of amides is 2. The van der Waals surface area contributed by atoms with Gasteiger partial charge in [-0.2, -0.15) is 10.4 Å². The molecule has 2 aromatic heterocycles. The summed E-state index contributed by atoms with van der Waals surface area (Å²) in [6.45, 7) is 10.8. The first-order valence-electron chi connectivity index (χ1n) is 13.4. The van der Waals surface area contributed by atoms with Gasteiger partial charge in [-0.05, 0) is 71.4 Å². The van der Waals surface area contributed by atoms with Crippen LogP contribution in [-0.4, -0.2) is 32.5 Å². The van der Waals surface area contributed by atoms with Crippen LogP contribution in [0.2, 0.25) is 0 Å². The molecular formula is C29H32F2N6O4. The number of benzene rings is 1. The number of carbonyl (C=O) groups excluding carboxylic acids is 2. The highest BCUT2D eigenvalue weighted by Gasteiger charge is 2.66. The van der Waals surface area contributed by atoms with Crippen LogP contribution in [0.4, 0.5) is 25.3 Å². The fraction of sp³-hybridized carbons (Fsp3) is 0.483. The van der Waals surface area contributed by atoms with Crippen LogP contribution in [-0.2, 0) is 21.4 Å². The molecule has 0 unspecified atom stereocenters. The summed E-state index contributed by atoms with van der Waals surface area (Å²) in [4.78, 5) is 25.1. The van der Waals surface area contributed by atoms with Crippen molar-refractivity contribution in [2.75, 3.05) is 10.6 Å². The number of nitrogens with one attached hydrogen (secondary N) is 2. The Kier molecular flexibility index (Phi) is 6.67. The molecule has 2 bridgehead atoms. The molecule has 0 spiro atoms. The Bertz CT molecular complexity index is 1550. The van der Waals surface area contributed by atoms with Crippen molar-refractivity contribution in [2.24, 2.45) is 5.41 Å². The first-order valence-corrected chi connectivity index (χ1v) is 13.4. The van der Waals surface area contributed by atoms with Crippen LogP contribution in [0.25, 0.3) is 11.3 Å². The van der Waals surface area contributed by atoms with Crippen molar-refractivity contribution in [2.45, 2.75) is 84.3 Å². The number of halogens is 2. The van der Waals surface area contributed by atoms with Crippen LogP contribution >= 0.6 is 0 Å². The van der Waals surface area contributed by atoms with E-state index in [1.165, 1.54) is 4.68 Å². The van der Waals surface area contributed by atoms with Gasteiger partial charge in [-0.15, -0.1) is 0 Å². The van der Waals surface area contributed by atoms with Gasteiger partial charge in [0.2, 0.25) is 11.8 Å². The first kappa shape index (κ1) is 28.3. The van der Waals surface area contributed by atoms with Gasteiger partial charge in [-0.1, -0.05) is 12.1 Å². The van der Waals surface area contributed by atoms with E-state index in [4.69, 9.17) is 9.26 Å². The highest BCUT2D eigenvalue weighted by molar-refractivity contribution is 5.91. The molecule has 216 valence electrons. The van der Waals surface area contributed by atoms with Crippen molar-refractivity contribution in [3.05, 3.63) is 46.7 Å². The average Bonchev–Trinajstić information content (AvgIpc) is 3.41. The van der Waals surface area contributed by atoms with Gasteiger partial charge in [0.1, 0.15) is 34.6 Å². The maximum atomic E-state index is 15.2. The van der Waals surface area contributed by atoms with Crippen molar-refractivity contribution in [1.82, 2.24) is 14.9 Å². The molecule has 3 aliphatic rings. The van der Waals surface area contributed by atoms with E-state index in [-0.39, 0.29) is 40.0 Å². The van der Waals surface area contributed by atoms with Crippen LogP contribution in [0.5, 0.6) is 0 Å². The molecular weight excluding hydrogens is 534 g/mol. The Morgan fingerprint density at radius 3 is 2.34 bits per heavy atom. The molecule has 0 radical (unpaired) electrons. The minimum atomic E-state index is -0.986. The van der Waals surface area contributed by atoms with Crippen LogP contribution < -0.4 is 10.6 Å². The second-order valence-corrected chi connectivity index (χ2v) is 12.7. The zero-order valence-electron chi connectivity index (χ0n) is 23.8.